The fourth-order valence-electron chi connectivity index (χ4n) is 6.33. The van der Waals surface area contributed by atoms with Gasteiger partial charge in [0.25, 0.3) is 5.91 Å². The average Bonchev–Trinajstić information content (AvgIpc) is 3.32. The van der Waals surface area contributed by atoms with Gasteiger partial charge in [-0.15, -0.1) is 0 Å². The molecule has 0 bridgehead atoms. The van der Waals surface area contributed by atoms with Crippen LogP contribution in [0.4, 0.5) is 4.39 Å². The van der Waals surface area contributed by atoms with Crippen LogP contribution in [0.25, 0.3) is 0 Å². The summed E-state index contributed by atoms with van der Waals surface area (Å²) < 4.78 is 13.3. The zero-order valence-corrected chi connectivity index (χ0v) is 22.9. The van der Waals surface area contributed by atoms with Crippen molar-refractivity contribution < 1.29 is 9.18 Å². The molecule has 3 aliphatic heterocycles. The summed E-state index contributed by atoms with van der Waals surface area (Å²) in [5.74, 6) is 1.03. The lowest BCUT2D eigenvalue weighted by Crippen LogP contribution is -2.47. The molecule has 40 heavy (non-hydrogen) atoms. The second-order valence-electron chi connectivity index (χ2n) is 11.0. The molecule has 1 fully saturated rings. The molecule has 0 saturated carbocycles. The molecule has 4 aliphatic rings. The second kappa shape index (κ2) is 11.8. The molecule has 0 N–H and O–H groups in total. The number of rotatable bonds is 8. The maximum atomic E-state index is 14.5. The monoisotopic (exact) mass is 537 g/mol. The fourth-order valence-corrected chi connectivity index (χ4v) is 6.33. The fraction of sp³-hybridized carbons (Fsp3) is 0.394. The Labute approximate surface area is 235 Å². The molecule has 1 atom stereocenters. The third-order valence-corrected chi connectivity index (χ3v) is 8.51. The summed E-state index contributed by atoms with van der Waals surface area (Å²) in [5, 5.41) is 0. The van der Waals surface area contributed by atoms with Gasteiger partial charge in [-0.3, -0.25) is 19.7 Å². The molecule has 206 valence electrons. The normalized spacial score (nSPS) is 23.8. The number of likely N-dealkylation sites (tertiary alicyclic amines) is 1. The Kier molecular flexibility index (Phi) is 7.82. The highest BCUT2D eigenvalue weighted by atomic mass is 19.1. The highest BCUT2D eigenvalue weighted by Crippen LogP contribution is 2.39. The minimum atomic E-state index is -1.21. The third kappa shape index (κ3) is 5.22. The quantitative estimate of drug-likeness (QED) is 0.418. The highest BCUT2D eigenvalue weighted by molar-refractivity contribution is 6.25. The predicted molar refractivity (Wildman–Crippen MR) is 157 cm³/mol. The Morgan fingerprint density at radius 3 is 2.50 bits per heavy atom. The van der Waals surface area contributed by atoms with Crippen molar-refractivity contribution in [3.8, 4) is 0 Å². The smallest absolute Gasteiger partial charge is 0.268 e. The Balaban J connectivity index is 1.20. The van der Waals surface area contributed by atoms with E-state index in [1.165, 1.54) is 5.56 Å². The summed E-state index contributed by atoms with van der Waals surface area (Å²) in [7, 11) is 0. The molecule has 2 aromatic rings. The number of nitrogens with zero attached hydrogens (tertiary/aromatic N) is 5. The molecular formula is C33H36FN5O. The summed E-state index contributed by atoms with van der Waals surface area (Å²) >= 11 is 0. The number of aliphatic imine (C=N–C) groups is 2. The summed E-state index contributed by atoms with van der Waals surface area (Å²) in [6.07, 6.45) is 18.2. The van der Waals surface area contributed by atoms with Crippen LogP contribution in [0, 0.1) is 5.82 Å². The SMILES string of the molecule is O=C1N(CCCN2CCC(c3ccc(F)cc3)CC2)C(C2=CC=CCC2)=NC1(C1=NC=CCC1)c1ccccn1. The Bertz CT molecular complexity index is 1370. The Hall–Kier alpha value is -3.71. The van der Waals surface area contributed by atoms with E-state index in [1.54, 1.807) is 24.5 Å². The van der Waals surface area contributed by atoms with Crippen LogP contribution in [0.3, 0.4) is 0 Å². The maximum absolute atomic E-state index is 14.5. The van der Waals surface area contributed by atoms with Gasteiger partial charge in [0.2, 0.25) is 5.54 Å². The van der Waals surface area contributed by atoms with Crippen LogP contribution in [-0.2, 0) is 10.3 Å². The lowest BCUT2D eigenvalue weighted by molar-refractivity contribution is -0.129. The van der Waals surface area contributed by atoms with Crippen molar-refractivity contribution in [3.05, 3.63) is 102 Å². The molecule has 6 rings (SSSR count). The Morgan fingerprint density at radius 1 is 0.975 bits per heavy atom. The van der Waals surface area contributed by atoms with Gasteiger partial charge in [0.1, 0.15) is 11.7 Å². The number of benzene rings is 1. The topological polar surface area (TPSA) is 61.2 Å². The molecule has 1 amide bonds. The van der Waals surface area contributed by atoms with Crippen molar-refractivity contribution in [2.75, 3.05) is 26.2 Å². The van der Waals surface area contributed by atoms with Gasteiger partial charge < -0.3 is 4.90 Å². The molecular weight excluding hydrogens is 501 g/mol. The number of carbonyl (C=O) groups is 1. The maximum Gasteiger partial charge on any atom is 0.268 e. The van der Waals surface area contributed by atoms with Crippen molar-refractivity contribution in [2.24, 2.45) is 9.98 Å². The second-order valence-corrected chi connectivity index (χ2v) is 11.0. The van der Waals surface area contributed by atoms with Gasteiger partial charge in [0, 0.05) is 18.9 Å². The van der Waals surface area contributed by atoms with Crippen LogP contribution < -0.4 is 0 Å². The number of amidine groups is 1. The number of amides is 1. The number of piperidine rings is 1. The molecule has 7 heteroatoms. The number of hydrogen-bond donors (Lipinski definition) is 0. The van der Waals surface area contributed by atoms with Gasteiger partial charge in [0.15, 0.2) is 0 Å². The zero-order valence-electron chi connectivity index (χ0n) is 22.9. The average molecular weight is 538 g/mol. The van der Waals surface area contributed by atoms with Crippen LogP contribution in [0.2, 0.25) is 0 Å². The molecule has 0 spiro atoms. The van der Waals surface area contributed by atoms with Crippen LogP contribution in [-0.4, -0.2) is 58.4 Å². The summed E-state index contributed by atoms with van der Waals surface area (Å²) in [6, 6.07) is 12.7. The van der Waals surface area contributed by atoms with Crippen LogP contribution in [0.1, 0.15) is 62.1 Å². The van der Waals surface area contributed by atoms with E-state index in [2.05, 4.69) is 28.1 Å². The number of allylic oxidation sites excluding steroid dienone is 4. The minimum Gasteiger partial charge on any atom is -0.303 e. The first-order valence-corrected chi connectivity index (χ1v) is 14.5. The molecule has 1 aromatic carbocycles. The third-order valence-electron chi connectivity index (χ3n) is 8.51. The van der Waals surface area contributed by atoms with Crippen molar-refractivity contribution in [1.82, 2.24) is 14.8 Å². The molecule has 0 radical (unpaired) electrons. The zero-order chi connectivity index (χ0) is 27.4. The highest BCUT2D eigenvalue weighted by Gasteiger charge is 2.54. The summed E-state index contributed by atoms with van der Waals surface area (Å²) in [5.41, 5.74) is 2.53. The van der Waals surface area contributed by atoms with E-state index in [0.717, 1.165) is 75.3 Å². The van der Waals surface area contributed by atoms with Gasteiger partial charge >= 0.3 is 0 Å². The van der Waals surface area contributed by atoms with Gasteiger partial charge in [-0.1, -0.05) is 42.5 Å². The summed E-state index contributed by atoms with van der Waals surface area (Å²) in [6.45, 7) is 3.54. The van der Waals surface area contributed by atoms with Crippen molar-refractivity contribution in [2.45, 2.75) is 56.4 Å². The number of aromatic nitrogens is 1. The van der Waals surface area contributed by atoms with Crippen LogP contribution in [0.15, 0.2) is 94.7 Å². The number of carbonyl (C=O) groups excluding carboxylic acids is 1. The molecule has 6 nitrogen and oxygen atoms in total. The van der Waals surface area contributed by atoms with E-state index < -0.39 is 5.54 Å². The van der Waals surface area contributed by atoms with Crippen molar-refractivity contribution >= 4 is 17.5 Å². The van der Waals surface area contributed by atoms with Gasteiger partial charge in [0.05, 0.1) is 11.4 Å². The lowest BCUT2D eigenvalue weighted by atomic mass is 9.85. The van der Waals surface area contributed by atoms with E-state index in [1.807, 2.05) is 41.3 Å². The van der Waals surface area contributed by atoms with E-state index >= 15 is 0 Å². The number of halogens is 1. The van der Waals surface area contributed by atoms with Gasteiger partial charge in [-0.2, -0.15) is 0 Å². The first-order valence-electron chi connectivity index (χ1n) is 14.5. The number of pyridine rings is 1. The Morgan fingerprint density at radius 2 is 1.80 bits per heavy atom. The van der Waals surface area contributed by atoms with Crippen molar-refractivity contribution in [3.63, 3.8) is 0 Å². The lowest BCUT2D eigenvalue weighted by Gasteiger charge is -2.33. The molecule has 1 aliphatic carbocycles. The predicted octanol–water partition coefficient (Wildman–Crippen LogP) is 5.95. The molecule has 1 aromatic heterocycles. The minimum absolute atomic E-state index is 0.0410. The van der Waals surface area contributed by atoms with E-state index in [0.29, 0.717) is 24.6 Å². The van der Waals surface area contributed by atoms with E-state index in [4.69, 9.17) is 9.98 Å². The molecule has 1 unspecified atom stereocenters. The molecule has 1 saturated heterocycles. The van der Waals surface area contributed by atoms with Crippen LogP contribution >= 0.6 is 0 Å². The van der Waals surface area contributed by atoms with E-state index in [9.17, 15) is 9.18 Å². The van der Waals surface area contributed by atoms with E-state index in [-0.39, 0.29) is 11.7 Å². The summed E-state index contributed by atoms with van der Waals surface area (Å²) in [4.78, 5) is 33.4. The van der Waals surface area contributed by atoms with Gasteiger partial charge in [-0.25, -0.2) is 9.38 Å². The number of hydrogen-bond acceptors (Lipinski definition) is 5. The first-order chi connectivity index (χ1) is 19.6. The van der Waals surface area contributed by atoms with Crippen LogP contribution in [0.5, 0.6) is 0 Å². The first kappa shape index (κ1) is 26.5. The molecule has 4 heterocycles. The largest absolute Gasteiger partial charge is 0.303 e. The van der Waals surface area contributed by atoms with Gasteiger partial charge in [-0.05, 0) is 106 Å². The van der Waals surface area contributed by atoms with Crippen molar-refractivity contribution in [1.29, 1.82) is 0 Å². The standard InChI is InChI=1S/C33H36FN5O/c34-28-15-13-25(14-16-28)26-17-23-38(24-18-26)21-8-22-39-31(27-9-2-1-3-10-27)37-33(32(39)40,29-11-4-6-19-35-29)30-12-5-7-20-36-30/h1-2,4,6-7,9,11,13-16,19-20,26H,3,5,8,10,12,17-18,21-24H2.